The number of amides is 1. The predicted molar refractivity (Wildman–Crippen MR) is 41.5 cm³/mol. The summed E-state index contributed by atoms with van der Waals surface area (Å²) in [6.07, 6.45) is -4.00. The van der Waals surface area contributed by atoms with E-state index in [1.807, 2.05) is 0 Å². The molecule has 0 spiro atoms. The number of hydrogen-bond donors (Lipinski definition) is 1. The van der Waals surface area contributed by atoms with Crippen molar-refractivity contribution in [1.29, 1.82) is 0 Å². The molecule has 1 aliphatic rings. The molecule has 1 rings (SSSR count). The zero-order valence-corrected chi connectivity index (χ0v) is 7.68. The third-order valence-electron chi connectivity index (χ3n) is 1.85. The molecule has 0 aliphatic carbocycles. The van der Waals surface area contributed by atoms with Gasteiger partial charge >= 0.3 is 18.3 Å². The van der Waals surface area contributed by atoms with E-state index in [1.54, 1.807) is 5.43 Å². The smallest absolute Gasteiger partial charge is 0.379 e. The van der Waals surface area contributed by atoms with Crippen molar-refractivity contribution >= 4 is 5.91 Å². The zero-order valence-electron chi connectivity index (χ0n) is 7.68. The van der Waals surface area contributed by atoms with Gasteiger partial charge in [-0.15, -0.1) is 0 Å². The fourth-order valence-electron chi connectivity index (χ4n) is 0.992. The van der Waals surface area contributed by atoms with Gasteiger partial charge in [0, 0.05) is 13.1 Å². The first-order chi connectivity index (χ1) is 6.94. The van der Waals surface area contributed by atoms with Crippen molar-refractivity contribution < 1.29 is 27.1 Å². The van der Waals surface area contributed by atoms with Crippen molar-refractivity contribution in [2.75, 3.05) is 26.3 Å². The Kier molecular flexibility index (Phi) is 3.86. The second-order valence-corrected chi connectivity index (χ2v) is 2.96. The monoisotopic (exact) mass is 230 g/mol. The number of nitrogens with zero attached hydrogens (tertiary/aromatic N) is 1. The lowest BCUT2D eigenvalue weighted by Gasteiger charge is -2.28. The van der Waals surface area contributed by atoms with Crippen LogP contribution < -0.4 is 5.43 Å². The van der Waals surface area contributed by atoms with Crippen molar-refractivity contribution in [3.8, 4) is 0 Å². The molecule has 0 atom stereocenters. The number of rotatable bonds is 3. The largest absolute Gasteiger partial charge is 0.384 e. The van der Waals surface area contributed by atoms with Gasteiger partial charge in [0.25, 0.3) is 0 Å². The van der Waals surface area contributed by atoms with Crippen LogP contribution in [0.1, 0.15) is 0 Å². The summed E-state index contributed by atoms with van der Waals surface area (Å²) in [5.74, 6) is -6.64. The van der Waals surface area contributed by atoms with Crippen LogP contribution in [0.2, 0.25) is 0 Å². The molecule has 1 heterocycles. The molecule has 0 aromatic rings. The molecule has 0 unspecified atom stereocenters. The number of ether oxygens (including phenoxy) is 1. The van der Waals surface area contributed by atoms with Gasteiger partial charge in [0.05, 0.1) is 13.2 Å². The van der Waals surface area contributed by atoms with Gasteiger partial charge in [0.1, 0.15) is 0 Å². The third-order valence-corrected chi connectivity index (χ3v) is 1.85. The molecule has 0 aromatic carbocycles. The van der Waals surface area contributed by atoms with Gasteiger partial charge in [-0.25, -0.2) is 13.8 Å². The van der Waals surface area contributed by atoms with Crippen molar-refractivity contribution in [3.63, 3.8) is 0 Å². The Labute approximate surface area is 83.1 Å². The van der Waals surface area contributed by atoms with Gasteiger partial charge in [0.2, 0.25) is 0 Å². The highest BCUT2D eigenvalue weighted by Gasteiger charge is 2.49. The fraction of sp³-hybridized carbons (Fsp3) is 0.857. The summed E-state index contributed by atoms with van der Waals surface area (Å²) in [5.41, 5.74) is 1.72. The average molecular weight is 230 g/mol. The lowest BCUT2D eigenvalue weighted by molar-refractivity contribution is -0.175. The van der Waals surface area contributed by atoms with Crippen LogP contribution in [0.4, 0.5) is 17.6 Å². The van der Waals surface area contributed by atoms with E-state index in [0.29, 0.717) is 0 Å². The Morgan fingerprint density at radius 3 is 2.33 bits per heavy atom. The maximum absolute atomic E-state index is 12.5. The van der Waals surface area contributed by atoms with E-state index in [1.165, 1.54) is 0 Å². The van der Waals surface area contributed by atoms with E-state index in [4.69, 9.17) is 4.74 Å². The summed E-state index contributed by atoms with van der Waals surface area (Å²) < 4.78 is 53.4. The summed E-state index contributed by atoms with van der Waals surface area (Å²) >= 11 is 0. The lowest BCUT2D eigenvalue weighted by Crippen LogP contribution is -2.55. The Balaban J connectivity index is 2.46. The number of carbonyl (C=O) groups is 1. The third kappa shape index (κ3) is 3.03. The van der Waals surface area contributed by atoms with E-state index < -0.39 is 18.3 Å². The number of halogens is 4. The second-order valence-electron chi connectivity index (χ2n) is 2.96. The first kappa shape index (κ1) is 12.2. The summed E-state index contributed by atoms with van der Waals surface area (Å²) in [6.45, 7) is 0.928. The van der Waals surface area contributed by atoms with Crippen molar-refractivity contribution in [1.82, 2.24) is 10.4 Å². The summed E-state index contributed by atoms with van der Waals surface area (Å²) in [7, 11) is 0. The van der Waals surface area contributed by atoms with Crippen molar-refractivity contribution in [2.24, 2.45) is 0 Å². The van der Waals surface area contributed by atoms with Gasteiger partial charge in [-0.05, 0) is 0 Å². The number of carbonyl (C=O) groups excluding carboxylic acids is 1. The van der Waals surface area contributed by atoms with Crippen LogP contribution in [-0.4, -0.2) is 49.6 Å². The number of hydrazine groups is 1. The summed E-state index contributed by atoms with van der Waals surface area (Å²) in [4.78, 5) is 10.8. The van der Waals surface area contributed by atoms with Crippen LogP contribution >= 0.6 is 0 Å². The second kappa shape index (κ2) is 4.75. The molecule has 1 saturated heterocycles. The minimum atomic E-state index is -4.65. The minimum Gasteiger partial charge on any atom is -0.379 e. The molecule has 0 radical (unpaired) electrons. The summed E-state index contributed by atoms with van der Waals surface area (Å²) in [6, 6.07) is 0. The zero-order chi connectivity index (χ0) is 11.5. The number of nitrogens with one attached hydrogen (secondary N) is 1. The first-order valence-corrected chi connectivity index (χ1v) is 4.24. The van der Waals surface area contributed by atoms with Gasteiger partial charge in [-0.1, -0.05) is 0 Å². The molecule has 1 N–H and O–H groups in total. The average Bonchev–Trinajstić information content (AvgIpc) is 2.18. The Morgan fingerprint density at radius 1 is 1.33 bits per heavy atom. The Bertz CT molecular complexity index is 231. The highest BCUT2D eigenvalue weighted by Crippen LogP contribution is 2.22. The van der Waals surface area contributed by atoms with E-state index in [-0.39, 0.29) is 26.3 Å². The maximum atomic E-state index is 12.5. The number of morpholine rings is 1. The number of hydrogen-bond acceptors (Lipinski definition) is 3. The van der Waals surface area contributed by atoms with E-state index >= 15 is 0 Å². The van der Waals surface area contributed by atoms with Crippen LogP contribution in [-0.2, 0) is 9.53 Å². The van der Waals surface area contributed by atoms with Gasteiger partial charge in [0.15, 0.2) is 0 Å². The SMILES string of the molecule is O=C(NN1CCOCC1)C(F)(F)C(F)F. The van der Waals surface area contributed by atoms with Crippen LogP contribution in [0.15, 0.2) is 0 Å². The van der Waals surface area contributed by atoms with Crippen LogP contribution in [0.5, 0.6) is 0 Å². The molecule has 4 nitrogen and oxygen atoms in total. The highest BCUT2D eigenvalue weighted by molar-refractivity contribution is 5.83. The van der Waals surface area contributed by atoms with Crippen LogP contribution in [0, 0.1) is 0 Å². The van der Waals surface area contributed by atoms with Crippen LogP contribution in [0.25, 0.3) is 0 Å². The normalized spacial score (nSPS) is 19.3. The molecule has 1 fully saturated rings. The van der Waals surface area contributed by atoms with Gasteiger partial charge < -0.3 is 4.74 Å². The van der Waals surface area contributed by atoms with Crippen LogP contribution in [0.3, 0.4) is 0 Å². The molecular weight excluding hydrogens is 220 g/mol. The molecular formula is C7H10F4N2O2. The quantitative estimate of drug-likeness (QED) is 0.707. The van der Waals surface area contributed by atoms with E-state index in [9.17, 15) is 22.4 Å². The number of alkyl halides is 4. The molecule has 88 valence electrons. The van der Waals surface area contributed by atoms with E-state index in [2.05, 4.69) is 0 Å². The maximum Gasteiger partial charge on any atom is 0.384 e. The molecule has 0 aromatic heterocycles. The predicted octanol–water partition coefficient (Wildman–Crippen LogP) is 0.250. The minimum absolute atomic E-state index is 0.199. The first-order valence-electron chi connectivity index (χ1n) is 4.24. The standard InChI is InChI=1S/C7H10F4N2O2/c8-5(9)7(10,11)6(14)12-13-1-3-15-4-2-13/h5H,1-4H2,(H,12,14). The van der Waals surface area contributed by atoms with Crippen molar-refractivity contribution in [2.45, 2.75) is 12.3 Å². The van der Waals surface area contributed by atoms with E-state index in [0.717, 1.165) is 5.01 Å². The molecule has 0 bridgehead atoms. The topological polar surface area (TPSA) is 41.6 Å². The fourth-order valence-corrected chi connectivity index (χ4v) is 0.992. The van der Waals surface area contributed by atoms with Gasteiger partial charge in [-0.3, -0.25) is 10.2 Å². The lowest BCUT2D eigenvalue weighted by atomic mass is 10.3. The molecule has 15 heavy (non-hydrogen) atoms. The molecule has 0 saturated carbocycles. The molecule has 1 aliphatic heterocycles. The highest BCUT2D eigenvalue weighted by atomic mass is 19.3. The molecule has 8 heteroatoms. The Hall–Kier alpha value is -0.890. The molecule has 1 amide bonds. The summed E-state index contributed by atoms with van der Waals surface area (Å²) in [5, 5.41) is 1.13. The van der Waals surface area contributed by atoms with Gasteiger partial charge in [-0.2, -0.15) is 8.78 Å². The Morgan fingerprint density at radius 2 is 1.87 bits per heavy atom. The van der Waals surface area contributed by atoms with Crippen molar-refractivity contribution in [3.05, 3.63) is 0 Å².